The van der Waals surface area contributed by atoms with Crippen LogP contribution < -0.4 is 10.6 Å². The number of rotatable bonds is 4. The lowest BCUT2D eigenvalue weighted by Gasteiger charge is -2.19. The van der Waals surface area contributed by atoms with E-state index in [1.807, 2.05) is 0 Å². The first-order chi connectivity index (χ1) is 10.2. The quantitative estimate of drug-likeness (QED) is 0.855. The minimum atomic E-state index is -0.253. The van der Waals surface area contributed by atoms with Crippen LogP contribution in [0.3, 0.4) is 0 Å². The summed E-state index contributed by atoms with van der Waals surface area (Å²) >= 11 is 2.54. The van der Waals surface area contributed by atoms with Gasteiger partial charge in [0.25, 0.3) is 11.8 Å². The van der Waals surface area contributed by atoms with Gasteiger partial charge in [-0.3, -0.25) is 19.6 Å². The van der Waals surface area contributed by atoms with Crippen LogP contribution >= 0.6 is 22.7 Å². The van der Waals surface area contributed by atoms with Crippen molar-refractivity contribution in [1.29, 1.82) is 0 Å². The molecule has 3 heterocycles. The highest BCUT2D eigenvalue weighted by molar-refractivity contribution is 7.12. The van der Waals surface area contributed by atoms with E-state index in [2.05, 4.69) is 20.6 Å². The molecule has 2 amide bonds. The molecule has 0 radical (unpaired) electrons. The molecule has 1 fully saturated rings. The number of amides is 2. The molecular formula is C12H12N4O3S2. The Kier molecular flexibility index (Phi) is 4.23. The van der Waals surface area contributed by atoms with Crippen molar-refractivity contribution in [2.45, 2.75) is 12.1 Å². The second-order valence-corrected chi connectivity index (χ2v) is 6.20. The van der Waals surface area contributed by atoms with E-state index in [1.54, 1.807) is 11.0 Å². The number of hydrogen-bond acceptors (Lipinski definition) is 7. The number of carbonyl (C=O) groups excluding carboxylic acids is 2. The summed E-state index contributed by atoms with van der Waals surface area (Å²) in [4.78, 5) is 32.8. The van der Waals surface area contributed by atoms with Crippen molar-refractivity contribution in [2.75, 3.05) is 13.2 Å². The second kappa shape index (κ2) is 6.29. The summed E-state index contributed by atoms with van der Waals surface area (Å²) < 4.78 is 5.35. The highest BCUT2D eigenvalue weighted by Crippen LogP contribution is 2.12. The van der Waals surface area contributed by atoms with Crippen LogP contribution in [0.2, 0.25) is 0 Å². The zero-order chi connectivity index (χ0) is 14.7. The van der Waals surface area contributed by atoms with Gasteiger partial charge in [0.15, 0.2) is 0 Å². The van der Waals surface area contributed by atoms with Gasteiger partial charge in [-0.25, -0.2) is 0 Å². The first-order valence-corrected chi connectivity index (χ1v) is 7.96. The van der Waals surface area contributed by atoms with Gasteiger partial charge in [0.05, 0.1) is 48.7 Å². The van der Waals surface area contributed by atoms with E-state index in [0.29, 0.717) is 23.0 Å². The summed E-state index contributed by atoms with van der Waals surface area (Å²) in [5.41, 5.74) is 3.20. The summed E-state index contributed by atoms with van der Waals surface area (Å²) in [6.07, 6.45) is 3.03. The molecule has 0 aromatic carbocycles. The van der Waals surface area contributed by atoms with Gasteiger partial charge in [-0.1, -0.05) is 0 Å². The van der Waals surface area contributed by atoms with Crippen LogP contribution in [0.25, 0.3) is 0 Å². The first kappa shape index (κ1) is 14.1. The van der Waals surface area contributed by atoms with Crippen molar-refractivity contribution in [2.24, 2.45) is 0 Å². The molecule has 0 aliphatic carbocycles. The maximum atomic E-state index is 12.0. The number of nitrogens with one attached hydrogen (secondary N) is 2. The van der Waals surface area contributed by atoms with E-state index in [0.717, 1.165) is 0 Å². The van der Waals surface area contributed by atoms with Crippen LogP contribution in [0.15, 0.2) is 23.4 Å². The molecule has 110 valence electrons. The maximum absolute atomic E-state index is 12.0. The van der Waals surface area contributed by atoms with E-state index in [1.165, 1.54) is 35.1 Å². The zero-order valence-electron chi connectivity index (χ0n) is 10.8. The molecule has 3 rings (SSSR count). The normalized spacial score (nSPS) is 21.1. The molecule has 0 bridgehead atoms. The third-order valence-electron chi connectivity index (χ3n) is 3.03. The molecule has 2 aromatic rings. The number of aromatic nitrogens is 2. The van der Waals surface area contributed by atoms with Crippen LogP contribution in [0.4, 0.5) is 0 Å². The van der Waals surface area contributed by atoms with Crippen LogP contribution in [-0.4, -0.2) is 47.1 Å². The molecule has 21 heavy (non-hydrogen) atoms. The van der Waals surface area contributed by atoms with Gasteiger partial charge in [0, 0.05) is 0 Å². The Morgan fingerprint density at radius 2 is 1.48 bits per heavy atom. The van der Waals surface area contributed by atoms with Crippen LogP contribution in [0.5, 0.6) is 0 Å². The highest BCUT2D eigenvalue weighted by Gasteiger charge is 2.31. The van der Waals surface area contributed by atoms with Gasteiger partial charge >= 0.3 is 0 Å². The van der Waals surface area contributed by atoms with Crippen molar-refractivity contribution in [1.82, 2.24) is 20.6 Å². The Hall–Kier alpha value is -1.84. The van der Waals surface area contributed by atoms with Gasteiger partial charge < -0.3 is 15.4 Å². The van der Waals surface area contributed by atoms with Gasteiger partial charge in [-0.2, -0.15) is 0 Å². The molecule has 1 aliphatic heterocycles. The molecule has 2 N–H and O–H groups in total. The Morgan fingerprint density at radius 1 is 1.00 bits per heavy atom. The predicted octanol–water partition coefficient (Wildman–Crippen LogP) is 0.527. The minimum Gasteiger partial charge on any atom is -0.377 e. The van der Waals surface area contributed by atoms with Gasteiger partial charge in [-0.05, 0) is 0 Å². The lowest BCUT2D eigenvalue weighted by atomic mass is 10.1. The van der Waals surface area contributed by atoms with Gasteiger partial charge in [-0.15, -0.1) is 22.7 Å². The lowest BCUT2D eigenvalue weighted by Crippen LogP contribution is -2.50. The first-order valence-electron chi connectivity index (χ1n) is 6.20. The summed E-state index contributed by atoms with van der Waals surface area (Å²) in [6.45, 7) is 0.746. The smallest absolute Gasteiger partial charge is 0.263 e. The molecule has 0 spiro atoms. The van der Waals surface area contributed by atoms with E-state index >= 15 is 0 Å². The maximum Gasteiger partial charge on any atom is 0.263 e. The van der Waals surface area contributed by atoms with Crippen molar-refractivity contribution in [3.63, 3.8) is 0 Å². The van der Waals surface area contributed by atoms with Gasteiger partial charge in [0.2, 0.25) is 0 Å². The number of hydrogen-bond donors (Lipinski definition) is 2. The molecular weight excluding hydrogens is 312 g/mol. The summed E-state index contributed by atoms with van der Waals surface area (Å²) in [7, 11) is 0. The van der Waals surface area contributed by atoms with Crippen molar-refractivity contribution in [3.8, 4) is 0 Å². The average molecular weight is 324 g/mol. The molecule has 7 nitrogen and oxygen atoms in total. The monoisotopic (exact) mass is 324 g/mol. The third kappa shape index (κ3) is 3.26. The van der Waals surface area contributed by atoms with Crippen LogP contribution in [0.1, 0.15) is 19.3 Å². The summed E-state index contributed by atoms with van der Waals surface area (Å²) in [6, 6.07) is -0.507. The fourth-order valence-corrected chi connectivity index (χ4v) is 3.02. The minimum absolute atomic E-state index is 0.204. The molecule has 1 saturated heterocycles. The molecule has 9 heteroatoms. The van der Waals surface area contributed by atoms with Crippen molar-refractivity contribution in [3.05, 3.63) is 33.2 Å². The molecule has 0 unspecified atom stereocenters. The van der Waals surface area contributed by atoms with Crippen molar-refractivity contribution >= 4 is 34.5 Å². The molecule has 0 saturated carbocycles. The SMILES string of the molecule is O=C(N[C@H]1COC[C@H]1NC(=O)c1cncs1)c1cncs1. The Labute approximate surface area is 128 Å². The highest BCUT2D eigenvalue weighted by atomic mass is 32.1. The topological polar surface area (TPSA) is 93.2 Å². The molecule has 2 atom stereocenters. The number of ether oxygens (including phenoxy) is 1. The van der Waals surface area contributed by atoms with Crippen molar-refractivity contribution < 1.29 is 14.3 Å². The number of nitrogens with zero attached hydrogens (tertiary/aromatic N) is 2. The summed E-state index contributed by atoms with van der Waals surface area (Å²) in [5, 5.41) is 5.72. The van der Waals surface area contributed by atoms with E-state index in [4.69, 9.17) is 4.74 Å². The van der Waals surface area contributed by atoms with Gasteiger partial charge in [0.1, 0.15) is 9.75 Å². The largest absolute Gasteiger partial charge is 0.377 e. The molecule has 2 aromatic heterocycles. The van der Waals surface area contributed by atoms with E-state index in [9.17, 15) is 9.59 Å². The fourth-order valence-electron chi connectivity index (χ4n) is 1.97. The summed E-state index contributed by atoms with van der Waals surface area (Å²) in [5.74, 6) is -0.407. The third-order valence-corrected chi connectivity index (χ3v) is 4.57. The Morgan fingerprint density at radius 3 is 1.86 bits per heavy atom. The fraction of sp³-hybridized carbons (Fsp3) is 0.333. The number of carbonyl (C=O) groups is 2. The van der Waals surface area contributed by atoms with E-state index < -0.39 is 0 Å². The number of thiazole rings is 2. The van der Waals surface area contributed by atoms with Crippen LogP contribution in [-0.2, 0) is 4.74 Å². The van der Waals surface area contributed by atoms with E-state index in [-0.39, 0.29) is 23.9 Å². The average Bonchev–Trinajstić information content (AvgIpc) is 3.22. The Bertz CT molecular complexity index is 560. The Balaban J connectivity index is 1.60. The lowest BCUT2D eigenvalue weighted by molar-refractivity contribution is 0.0900. The standard InChI is InChI=1S/C12H12N4O3S2/c17-11(9-1-13-5-20-9)15-7-3-19-4-8(7)16-12(18)10-2-14-6-21-10/h1-2,5-8H,3-4H2,(H,15,17)(H,16,18)/t7-,8+. The predicted molar refractivity (Wildman–Crippen MR) is 77.6 cm³/mol. The molecule has 1 aliphatic rings. The van der Waals surface area contributed by atoms with Crippen LogP contribution in [0, 0.1) is 0 Å². The second-order valence-electron chi connectivity index (χ2n) is 4.43. The zero-order valence-corrected chi connectivity index (χ0v) is 12.4.